The summed E-state index contributed by atoms with van der Waals surface area (Å²) in [5.74, 6) is -0.242. The van der Waals surface area contributed by atoms with E-state index < -0.39 is 16.0 Å². The van der Waals surface area contributed by atoms with Crippen molar-refractivity contribution in [2.75, 3.05) is 20.2 Å². The Morgan fingerprint density at radius 3 is 2.35 bits per heavy atom. The van der Waals surface area contributed by atoms with E-state index >= 15 is 0 Å². The summed E-state index contributed by atoms with van der Waals surface area (Å²) in [6.45, 7) is 4.37. The highest BCUT2D eigenvalue weighted by Crippen LogP contribution is 2.17. The van der Waals surface area contributed by atoms with Crippen LogP contribution in [-0.2, 0) is 19.6 Å². The molecule has 1 aromatic carbocycles. The van der Waals surface area contributed by atoms with Gasteiger partial charge in [-0.1, -0.05) is 32.0 Å². The normalized spacial score (nSPS) is 11.8. The van der Waals surface area contributed by atoms with Crippen LogP contribution in [0.2, 0.25) is 0 Å². The molecule has 0 aromatic heterocycles. The molecular formula is C14H21NO4S. The third kappa shape index (κ3) is 4.61. The Kier molecular flexibility index (Phi) is 6.16. The van der Waals surface area contributed by atoms with E-state index in [1.165, 1.54) is 11.4 Å². The Morgan fingerprint density at radius 1 is 1.25 bits per heavy atom. The largest absolute Gasteiger partial charge is 0.469 e. The lowest BCUT2D eigenvalue weighted by molar-refractivity contribution is -0.140. The first-order valence-corrected chi connectivity index (χ1v) is 7.94. The first-order valence-electron chi connectivity index (χ1n) is 6.50. The van der Waals surface area contributed by atoms with E-state index in [0.717, 1.165) is 0 Å². The van der Waals surface area contributed by atoms with Crippen LogP contribution in [-0.4, -0.2) is 38.9 Å². The highest BCUT2D eigenvalue weighted by Gasteiger charge is 2.25. The molecule has 0 atom stereocenters. The quantitative estimate of drug-likeness (QED) is 0.721. The number of carbonyl (C=O) groups is 1. The van der Waals surface area contributed by atoms with Crippen molar-refractivity contribution in [3.63, 3.8) is 0 Å². The van der Waals surface area contributed by atoms with E-state index in [1.807, 2.05) is 13.8 Å². The maximum Gasteiger partial charge on any atom is 0.306 e. The van der Waals surface area contributed by atoms with E-state index in [-0.39, 0.29) is 23.8 Å². The Morgan fingerprint density at radius 2 is 1.85 bits per heavy atom. The van der Waals surface area contributed by atoms with Gasteiger partial charge in [-0.25, -0.2) is 8.42 Å². The molecule has 0 aliphatic rings. The maximum absolute atomic E-state index is 12.5. The number of nitrogens with zero attached hydrogens (tertiary/aromatic N) is 1. The molecule has 6 heteroatoms. The van der Waals surface area contributed by atoms with Gasteiger partial charge in [0.1, 0.15) is 0 Å². The number of benzene rings is 1. The molecule has 0 heterocycles. The number of sulfonamides is 1. The molecule has 5 nitrogen and oxygen atoms in total. The summed E-state index contributed by atoms with van der Waals surface area (Å²) in [7, 11) is -2.28. The van der Waals surface area contributed by atoms with Crippen molar-refractivity contribution in [1.82, 2.24) is 4.31 Å². The monoisotopic (exact) mass is 299 g/mol. The van der Waals surface area contributed by atoms with Crippen LogP contribution in [0.15, 0.2) is 35.2 Å². The number of ether oxygens (including phenoxy) is 1. The van der Waals surface area contributed by atoms with Crippen LogP contribution in [0.5, 0.6) is 0 Å². The Hall–Kier alpha value is -1.40. The maximum atomic E-state index is 12.5. The van der Waals surface area contributed by atoms with Crippen molar-refractivity contribution in [2.45, 2.75) is 25.2 Å². The second-order valence-electron chi connectivity index (χ2n) is 4.90. The molecule has 0 aliphatic carbocycles. The zero-order valence-corrected chi connectivity index (χ0v) is 12.9. The van der Waals surface area contributed by atoms with Crippen LogP contribution in [0.25, 0.3) is 0 Å². The molecule has 0 N–H and O–H groups in total. The molecule has 0 aliphatic heterocycles. The smallest absolute Gasteiger partial charge is 0.306 e. The molecule has 1 aromatic rings. The zero-order chi connectivity index (χ0) is 15.2. The summed E-state index contributed by atoms with van der Waals surface area (Å²) in [5, 5.41) is 0. The summed E-state index contributed by atoms with van der Waals surface area (Å²) in [6, 6.07) is 8.24. The van der Waals surface area contributed by atoms with Crippen molar-refractivity contribution in [1.29, 1.82) is 0 Å². The van der Waals surface area contributed by atoms with E-state index in [4.69, 9.17) is 0 Å². The van der Waals surface area contributed by atoms with Gasteiger partial charge < -0.3 is 4.74 Å². The SMILES string of the molecule is COC(=O)CCN(CC(C)C)S(=O)(=O)c1ccccc1. The summed E-state index contributed by atoms with van der Waals surface area (Å²) in [5.41, 5.74) is 0. The zero-order valence-electron chi connectivity index (χ0n) is 12.1. The fourth-order valence-corrected chi connectivity index (χ4v) is 3.40. The molecule has 20 heavy (non-hydrogen) atoms. The number of hydrogen-bond donors (Lipinski definition) is 0. The average molecular weight is 299 g/mol. The minimum absolute atomic E-state index is 0.0509. The minimum Gasteiger partial charge on any atom is -0.469 e. The van der Waals surface area contributed by atoms with E-state index in [0.29, 0.717) is 6.54 Å². The van der Waals surface area contributed by atoms with Gasteiger partial charge in [0.2, 0.25) is 10.0 Å². The fraction of sp³-hybridized carbons (Fsp3) is 0.500. The number of esters is 1. The fourth-order valence-electron chi connectivity index (χ4n) is 1.78. The van der Waals surface area contributed by atoms with E-state index in [1.54, 1.807) is 30.3 Å². The lowest BCUT2D eigenvalue weighted by Crippen LogP contribution is -2.36. The van der Waals surface area contributed by atoms with Gasteiger partial charge in [-0.15, -0.1) is 0 Å². The number of carbonyl (C=O) groups excluding carboxylic acids is 1. The predicted octanol–water partition coefficient (Wildman–Crippen LogP) is 1.90. The van der Waals surface area contributed by atoms with E-state index in [9.17, 15) is 13.2 Å². The molecule has 0 spiro atoms. The minimum atomic E-state index is -3.57. The Bertz CT molecular complexity index is 525. The van der Waals surface area contributed by atoms with Crippen molar-refractivity contribution < 1.29 is 17.9 Å². The summed E-state index contributed by atoms with van der Waals surface area (Å²) in [6.07, 6.45) is 0.0509. The van der Waals surface area contributed by atoms with Crippen LogP contribution >= 0.6 is 0 Å². The van der Waals surface area contributed by atoms with Gasteiger partial charge in [0.25, 0.3) is 0 Å². The van der Waals surface area contributed by atoms with Crippen LogP contribution < -0.4 is 0 Å². The van der Waals surface area contributed by atoms with Crippen molar-refractivity contribution in [3.05, 3.63) is 30.3 Å². The Balaban J connectivity index is 2.94. The predicted molar refractivity (Wildman–Crippen MR) is 76.7 cm³/mol. The molecule has 112 valence electrons. The molecule has 0 fully saturated rings. The summed E-state index contributed by atoms with van der Waals surface area (Å²) >= 11 is 0. The number of methoxy groups -OCH3 is 1. The first kappa shape index (κ1) is 16.7. The van der Waals surface area contributed by atoms with Gasteiger partial charge in [0, 0.05) is 13.1 Å². The number of hydrogen-bond acceptors (Lipinski definition) is 4. The van der Waals surface area contributed by atoms with Gasteiger partial charge >= 0.3 is 5.97 Å². The molecular weight excluding hydrogens is 278 g/mol. The highest BCUT2D eigenvalue weighted by molar-refractivity contribution is 7.89. The van der Waals surface area contributed by atoms with Crippen molar-refractivity contribution in [2.24, 2.45) is 5.92 Å². The topological polar surface area (TPSA) is 63.7 Å². The first-order chi connectivity index (χ1) is 9.37. The lowest BCUT2D eigenvalue weighted by Gasteiger charge is -2.23. The summed E-state index contributed by atoms with van der Waals surface area (Å²) in [4.78, 5) is 11.5. The van der Waals surface area contributed by atoms with Crippen LogP contribution in [0, 0.1) is 5.92 Å². The molecule has 0 bridgehead atoms. The van der Waals surface area contributed by atoms with Crippen molar-refractivity contribution >= 4 is 16.0 Å². The third-order valence-corrected chi connectivity index (χ3v) is 4.62. The van der Waals surface area contributed by atoms with Gasteiger partial charge in [0.15, 0.2) is 0 Å². The van der Waals surface area contributed by atoms with Crippen LogP contribution in [0.1, 0.15) is 20.3 Å². The van der Waals surface area contributed by atoms with Gasteiger partial charge in [-0.2, -0.15) is 4.31 Å². The van der Waals surface area contributed by atoms with E-state index in [2.05, 4.69) is 4.74 Å². The second-order valence-corrected chi connectivity index (χ2v) is 6.83. The molecule has 0 saturated carbocycles. The lowest BCUT2D eigenvalue weighted by atomic mass is 10.2. The average Bonchev–Trinajstić information content (AvgIpc) is 2.43. The van der Waals surface area contributed by atoms with Gasteiger partial charge in [-0.05, 0) is 18.1 Å². The molecule has 0 amide bonds. The molecule has 0 radical (unpaired) electrons. The third-order valence-electron chi connectivity index (χ3n) is 2.74. The number of rotatable bonds is 7. The van der Waals surface area contributed by atoms with Gasteiger partial charge in [-0.3, -0.25) is 4.79 Å². The van der Waals surface area contributed by atoms with Crippen molar-refractivity contribution in [3.8, 4) is 0 Å². The van der Waals surface area contributed by atoms with Gasteiger partial charge in [0.05, 0.1) is 18.4 Å². The second kappa shape index (κ2) is 7.40. The summed E-state index contributed by atoms with van der Waals surface area (Å²) < 4.78 is 31.0. The van der Waals surface area contributed by atoms with Crippen LogP contribution in [0.4, 0.5) is 0 Å². The molecule has 0 unspecified atom stereocenters. The Labute approximate surface area is 120 Å². The highest BCUT2D eigenvalue weighted by atomic mass is 32.2. The van der Waals surface area contributed by atoms with Crippen LogP contribution in [0.3, 0.4) is 0 Å². The standard InChI is InChI=1S/C14H21NO4S/c1-12(2)11-15(10-9-14(16)19-3)20(17,18)13-7-5-4-6-8-13/h4-8,12H,9-11H2,1-3H3. The molecule has 1 rings (SSSR count). The molecule has 0 saturated heterocycles.